The van der Waals surface area contributed by atoms with Gasteiger partial charge in [0.2, 0.25) is 0 Å². The van der Waals surface area contributed by atoms with Gasteiger partial charge in [-0.25, -0.2) is 17.8 Å². The van der Waals surface area contributed by atoms with Gasteiger partial charge in [0, 0.05) is 7.05 Å². The largest absolute Gasteiger partial charge is 0.285 e. The smallest absolute Gasteiger partial charge is 0.284 e. The van der Waals surface area contributed by atoms with Crippen LogP contribution in [-0.2, 0) is 17.1 Å². The standard InChI is InChI=1S/C18H16ClN3O4S/c1-12-16(18(24)22(21(12)2)13-8-4-3-5-9-13)17(23)20-27(25,26)15-11-7-6-10-14(15)19/h3-11H,1-2H3,(H,20,23). The number of para-hydroxylation sites is 1. The number of nitrogens with zero attached hydrogens (tertiary/aromatic N) is 2. The van der Waals surface area contributed by atoms with E-state index in [1.54, 1.807) is 50.4 Å². The van der Waals surface area contributed by atoms with Gasteiger partial charge in [-0.3, -0.25) is 14.3 Å². The van der Waals surface area contributed by atoms with Gasteiger partial charge in [-0.15, -0.1) is 0 Å². The minimum atomic E-state index is -4.23. The molecule has 0 aliphatic rings. The molecule has 0 bridgehead atoms. The lowest BCUT2D eigenvalue weighted by Crippen LogP contribution is -2.34. The van der Waals surface area contributed by atoms with Gasteiger partial charge >= 0.3 is 0 Å². The van der Waals surface area contributed by atoms with Crippen molar-refractivity contribution in [3.8, 4) is 5.69 Å². The van der Waals surface area contributed by atoms with E-state index in [0.717, 1.165) is 0 Å². The van der Waals surface area contributed by atoms with E-state index < -0.39 is 21.5 Å². The number of amides is 1. The highest BCUT2D eigenvalue weighted by molar-refractivity contribution is 7.90. The Kier molecular flexibility index (Phi) is 4.95. The number of hydrogen-bond donors (Lipinski definition) is 1. The zero-order chi connectivity index (χ0) is 19.8. The maximum Gasteiger partial charge on any atom is 0.284 e. The number of rotatable bonds is 4. The van der Waals surface area contributed by atoms with Gasteiger partial charge in [-0.1, -0.05) is 41.9 Å². The molecule has 3 rings (SSSR count). The predicted octanol–water partition coefficient (Wildman–Crippen LogP) is 2.26. The van der Waals surface area contributed by atoms with Crippen LogP contribution in [-0.4, -0.2) is 23.7 Å². The molecule has 27 heavy (non-hydrogen) atoms. The number of carbonyl (C=O) groups excluding carboxylic acids is 1. The Morgan fingerprint density at radius 3 is 2.26 bits per heavy atom. The fourth-order valence-corrected chi connectivity index (χ4v) is 4.20. The van der Waals surface area contributed by atoms with Crippen LogP contribution in [0.4, 0.5) is 0 Å². The van der Waals surface area contributed by atoms with E-state index in [0.29, 0.717) is 11.4 Å². The SMILES string of the molecule is Cc1c(C(=O)NS(=O)(=O)c2ccccc2Cl)c(=O)n(-c2ccccc2)n1C. The Bertz CT molecular complexity index is 1180. The summed E-state index contributed by atoms with van der Waals surface area (Å²) in [6, 6.07) is 14.5. The average Bonchev–Trinajstić information content (AvgIpc) is 2.84. The van der Waals surface area contributed by atoms with Gasteiger partial charge in [0.25, 0.3) is 21.5 Å². The number of hydrogen-bond acceptors (Lipinski definition) is 4. The molecule has 140 valence electrons. The molecule has 0 saturated carbocycles. The monoisotopic (exact) mass is 405 g/mol. The van der Waals surface area contributed by atoms with E-state index in [2.05, 4.69) is 0 Å². The minimum absolute atomic E-state index is 0.0238. The number of aromatic nitrogens is 2. The summed E-state index contributed by atoms with van der Waals surface area (Å²) in [6.45, 7) is 1.57. The second-order valence-electron chi connectivity index (χ2n) is 5.80. The Morgan fingerprint density at radius 1 is 1.04 bits per heavy atom. The highest BCUT2D eigenvalue weighted by Gasteiger charge is 2.27. The number of sulfonamides is 1. The first kappa shape index (κ1) is 18.9. The van der Waals surface area contributed by atoms with Gasteiger partial charge in [0.15, 0.2) is 0 Å². The Hall–Kier alpha value is -2.84. The molecule has 3 aromatic rings. The molecule has 1 amide bonds. The molecule has 1 aromatic heterocycles. The van der Waals surface area contributed by atoms with Crippen LogP contribution in [0.3, 0.4) is 0 Å². The lowest BCUT2D eigenvalue weighted by molar-refractivity contribution is 0.0979. The molecule has 9 heteroatoms. The Labute approximate surface area is 160 Å². The third kappa shape index (κ3) is 3.41. The molecule has 2 aromatic carbocycles. The molecule has 0 saturated heterocycles. The van der Waals surface area contributed by atoms with E-state index in [1.165, 1.54) is 27.6 Å². The van der Waals surface area contributed by atoms with Gasteiger partial charge in [0.1, 0.15) is 10.5 Å². The maximum absolute atomic E-state index is 12.8. The fourth-order valence-electron chi connectivity index (χ4n) is 2.72. The molecule has 0 atom stereocenters. The van der Waals surface area contributed by atoms with Crippen LogP contribution in [0.15, 0.2) is 64.3 Å². The topological polar surface area (TPSA) is 90.2 Å². The van der Waals surface area contributed by atoms with Gasteiger partial charge in [-0.2, -0.15) is 0 Å². The van der Waals surface area contributed by atoms with Gasteiger partial charge in [0.05, 0.1) is 16.4 Å². The summed E-state index contributed by atoms with van der Waals surface area (Å²) in [5.41, 5.74) is 0.0156. The second-order valence-corrected chi connectivity index (χ2v) is 7.86. The van der Waals surface area contributed by atoms with E-state index in [-0.39, 0.29) is 15.5 Å². The number of carbonyl (C=O) groups is 1. The molecule has 0 fully saturated rings. The molecule has 1 heterocycles. The maximum atomic E-state index is 12.8. The molecule has 0 unspecified atom stereocenters. The Morgan fingerprint density at radius 2 is 1.63 bits per heavy atom. The summed E-state index contributed by atoms with van der Waals surface area (Å²) in [6.07, 6.45) is 0. The minimum Gasteiger partial charge on any atom is -0.285 e. The van der Waals surface area contributed by atoms with Crippen LogP contribution in [0.25, 0.3) is 5.69 Å². The first-order valence-electron chi connectivity index (χ1n) is 7.89. The van der Waals surface area contributed by atoms with Crippen molar-refractivity contribution < 1.29 is 13.2 Å². The summed E-state index contributed by atoms with van der Waals surface area (Å²) in [7, 11) is -2.61. The van der Waals surface area contributed by atoms with Gasteiger partial charge in [-0.05, 0) is 31.2 Å². The zero-order valence-electron chi connectivity index (χ0n) is 14.5. The van der Waals surface area contributed by atoms with E-state index in [9.17, 15) is 18.0 Å². The first-order valence-corrected chi connectivity index (χ1v) is 9.76. The zero-order valence-corrected chi connectivity index (χ0v) is 16.1. The number of nitrogens with one attached hydrogen (secondary N) is 1. The van der Waals surface area contributed by atoms with E-state index in [1.807, 2.05) is 4.72 Å². The third-order valence-electron chi connectivity index (χ3n) is 4.13. The van der Waals surface area contributed by atoms with Crippen LogP contribution in [0.5, 0.6) is 0 Å². The Balaban J connectivity index is 2.04. The van der Waals surface area contributed by atoms with Crippen molar-refractivity contribution in [3.05, 3.63) is 81.2 Å². The molecule has 0 radical (unpaired) electrons. The van der Waals surface area contributed by atoms with Crippen LogP contribution in [0.1, 0.15) is 16.1 Å². The molecular weight excluding hydrogens is 390 g/mol. The van der Waals surface area contributed by atoms with Crippen molar-refractivity contribution in [1.82, 2.24) is 14.1 Å². The van der Waals surface area contributed by atoms with Crippen molar-refractivity contribution in [2.24, 2.45) is 7.05 Å². The molecular formula is C18H16ClN3O4S. The van der Waals surface area contributed by atoms with E-state index >= 15 is 0 Å². The van der Waals surface area contributed by atoms with Crippen LogP contribution in [0, 0.1) is 6.92 Å². The van der Waals surface area contributed by atoms with Crippen LogP contribution >= 0.6 is 11.6 Å². The number of benzene rings is 2. The molecule has 0 aliphatic carbocycles. The molecule has 0 spiro atoms. The summed E-state index contributed by atoms with van der Waals surface area (Å²) in [4.78, 5) is 25.2. The van der Waals surface area contributed by atoms with Crippen LogP contribution < -0.4 is 10.3 Å². The predicted molar refractivity (Wildman–Crippen MR) is 102 cm³/mol. The lowest BCUT2D eigenvalue weighted by atomic mass is 10.2. The first-order chi connectivity index (χ1) is 12.7. The molecule has 1 N–H and O–H groups in total. The summed E-state index contributed by atoms with van der Waals surface area (Å²) in [5.74, 6) is -1.01. The van der Waals surface area contributed by atoms with Crippen molar-refractivity contribution >= 4 is 27.5 Å². The summed E-state index contributed by atoms with van der Waals surface area (Å²) < 4.78 is 29.7. The average molecular weight is 406 g/mol. The molecule has 7 nitrogen and oxygen atoms in total. The van der Waals surface area contributed by atoms with Crippen LogP contribution in [0.2, 0.25) is 5.02 Å². The molecule has 0 aliphatic heterocycles. The summed E-state index contributed by atoms with van der Waals surface area (Å²) in [5, 5.41) is -0.0238. The van der Waals surface area contributed by atoms with Crippen molar-refractivity contribution in [2.45, 2.75) is 11.8 Å². The highest BCUT2D eigenvalue weighted by Crippen LogP contribution is 2.20. The normalized spacial score (nSPS) is 11.4. The summed E-state index contributed by atoms with van der Waals surface area (Å²) >= 11 is 5.91. The lowest BCUT2D eigenvalue weighted by Gasteiger charge is -2.08. The third-order valence-corrected chi connectivity index (χ3v) is 5.97. The number of halogens is 1. The fraction of sp³-hybridized carbons (Fsp3) is 0.111. The van der Waals surface area contributed by atoms with Crippen molar-refractivity contribution in [1.29, 1.82) is 0 Å². The highest BCUT2D eigenvalue weighted by atomic mass is 35.5. The van der Waals surface area contributed by atoms with E-state index in [4.69, 9.17) is 11.6 Å². The van der Waals surface area contributed by atoms with Crippen molar-refractivity contribution in [3.63, 3.8) is 0 Å². The second kappa shape index (κ2) is 7.05. The quantitative estimate of drug-likeness (QED) is 0.720. The van der Waals surface area contributed by atoms with Crippen molar-refractivity contribution in [2.75, 3.05) is 0 Å². The van der Waals surface area contributed by atoms with Gasteiger partial charge < -0.3 is 0 Å².